The third-order valence-electron chi connectivity index (χ3n) is 13.6. The Morgan fingerprint density at radius 2 is 0.697 bits per heavy atom. The molecule has 6 fully saturated rings. The van der Waals surface area contributed by atoms with Crippen LogP contribution in [0.1, 0.15) is 20.8 Å². The zero-order chi connectivity index (χ0) is 56.2. The number of amides is 3. The monoisotopic (exact) mass is 1110 g/mol. The minimum absolute atomic E-state index is 0.719. The first-order valence-corrected chi connectivity index (χ1v) is 24.1. The van der Waals surface area contributed by atoms with E-state index < -0.39 is 241 Å². The first kappa shape index (κ1) is 62.5. The second-order valence-electron chi connectivity index (χ2n) is 19.0. The van der Waals surface area contributed by atoms with Gasteiger partial charge in [0.1, 0.15) is 146 Å². The van der Waals surface area contributed by atoms with Crippen LogP contribution in [-0.4, -0.2) is 328 Å². The molecule has 0 aromatic carbocycles. The van der Waals surface area contributed by atoms with Crippen LogP contribution >= 0.6 is 0 Å². The number of hydrogen-bond donors (Lipinski definition) is 20. The van der Waals surface area contributed by atoms with Crippen LogP contribution in [0.15, 0.2) is 0 Å². The Labute approximate surface area is 431 Å². The van der Waals surface area contributed by atoms with E-state index in [9.17, 15) is 101 Å². The van der Waals surface area contributed by atoms with Gasteiger partial charge in [-0.05, 0) is 0 Å². The van der Waals surface area contributed by atoms with Gasteiger partial charge in [0.05, 0.1) is 39.6 Å². The summed E-state index contributed by atoms with van der Waals surface area (Å²) < 4.78 is 63.1. The molecular formula is C42H71N3O31. The van der Waals surface area contributed by atoms with Crippen molar-refractivity contribution in [3.63, 3.8) is 0 Å². The molecule has 3 amide bonds. The minimum atomic E-state index is -2.30. The van der Waals surface area contributed by atoms with Gasteiger partial charge in [-0.1, -0.05) is 0 Å². The summed E-state index contributed by atoms with van der Waals surface area (Å²) in [7, 11) is 0. The molecule has 440 valence electrons. The number of aliphatic hydroxyl groups is 17. The van der Waals surface area contributed by atoms with Crippen LogP contribution in [0.2, 0.25) is 0 Å². The molecule has 1 unspecified atom stereocenters. The first-order chi connectivity index (χ1) is 35.9. The largest absolute Gasteiger partial charge is 0.394 e. The van der Waals surface area contributed by atoms with Crippen LogP contribution in [0.25, 0.3) is 0 Å². The van der Waals surface area contributed by atoms with E-state index in [-0.39, 0.29) is 0 Å². The van der Waals surface area contributed by atoms with Crippen LogP contribution in [-0.2, 0) is 66.5 Å². The molecular weight excluding hydrogens is 1040 g/mol. The summed E-state index contributed by atoms with van der Waals surface area (Å²) in [6.45, 7) is -2.54. The Morgan fingerprint density at radius 3 is 1.21 bits per heavy atom. The zero-order valence-corrected chi connectivity index (χ0v) is 40.9. The summed E-state index contributed by atoms with van der Waals surface area (Å²) in [5.41, 5.74) is 0. The summed E-state index contributed by atoms with van der Waals surface area (Å²) in [5, 5.41) is 190. The van der Waals surface area contributed by atoms with Crippen molar-refractivity contribution in [2.24, 2.45) is 0 Å². The molecule has 6 heterocycles. The van der Waals surface area contributed by atoms with E-state index in [0.717, 1.165) is 20.8 Å². The highest BCUT2D eigenvalue weighted by Crippen LogP contribution is 2.36. The lowest BCUT2D eigenvalue weighted by atomic mass is 9.94. The average molecular weight is 1110 g/mol. The number of rotatable bonds is 19. The molecule has 0 bridgehead atoms. The SMILES string of the molecule is CC(=O)N[C@H]1[C@H](O[C@H]2[C@H](O)[C@@H](NC(C)=O)C(O)O[C@@H]2CO)O[C@H](CO)[C@@H](O[C@@H]2O[C@H](CO[C@H]3O[C@H](CO)[C@@H](O)[C@H](O)[C@@H]3O)[C@@H](O)[C@H](O[C@H]3O[C@H](CO)[C@@H](O[C@@H]4O[C@H](CO)[C@@H](O)[C@H](O)[C@H]4NC(C)=O)[C@H](O)[C@@H]3O)[C@@H]2O)[C@@H]1O. The Kier molecular flexibility index (Phi) is 22.3. The Hall–Kier alpha value is -2.71. The fraction of sp³-hybridized carbons (Fsp3) is 0.929. The van der Waals surface area contributed by atoms with Gasteiger partial charge in [0.15, 0.2) is 37.7 Å². The molecule has 20 N–H and O–H groups in total. The van der Waals surface area contributed by atoms with Gasteiger partial charge in [0.2, 0.25) is 17.7 Å². The van der Waals surface area contributed by atoms with Crippen LogP contribution in [0.5, 0.6) is 0 Å². The lowest BCUT2D eigenvalue weighted by Gasteiger charge is -2.50. The van der Waals surface area contributed by atoms with Crippen molar-refractivity contribution in [3.8, 4) is 0 Å². The standard InChI is InChI=1S/C42H71N3O31/c1-10(51)43-19-26(58)33(15(6-48)67-37(19)65)73-39-21(45-12(3)53)27(59)34(16(7-49)70-39)75-42-32(64)36(24(56)18(72-42)9-66-40-30(62)28(60)23(55)14(5-47)69-40)76-41-31(63)29(61)35(17(8-50)71-41)74-38-20(44-11(2)52)25(57)22(54)13(4-46)68-38/h13-42,46-50,54-65H,4-9H2,1-3H3,(H,43,51)(H,44,52)(H,45,53)/t13-,14-,15-,16-,17-,18-,19-,20-,21-,22-,23-,24-,25-,26-,27-,28+,29-,30+,31+,32+,33-,34-,35-,36+,37?,38+,39+,40+,41-,42+/m1/s1. The molecule has 6 aliphatic rings. The summed E-state index contributed by atoms with van der Waals surface area (Å²) in [6.07, 6.45) is -51.3. The van der Waals surface area contributed by atoms with Gasteiger partial charge < -0.3 is 155 Å². The van der Waals surface area contributed by atoms with E-state index in [0.29, 0.717) is 0 Å². The summed E-state index contributed by atoms with van der Waals surface area (Å²) >= 11 is 0. The molecule has 34 nitrogen and oxygen atoms in total. The smallest absolute Gasteiger partial charge is 0.217 e. The molecule has 34 heteroatoms. The molecule has 0 spiro atoms. The fourth-order valence-electron chi connectivity index (χ4n) is 9.63. The van der Waals surface area contributed by atoms with Crippen molar-refractivity contribution in [2.75, 3.05) is 39.6 Å². The highest BCUT2D eigenvalue weighted by molar-refractivity contribution is 5.74. The zero-order valence-electron chi connectivity index (χ0n) is 40.9. The lowest BCUT2D eigenvalue weighted by Crippen LogP contribution is -2.70. The van der Waals surface area contributed by atoms with Gasteiger partial charge in [0.25, 0.3) is 0 Å². The van der Waals surface area contributed by atoms with E-state index >= 15 is 0 Å². The second kappa shape index (κ2) is 27.2. The van der Waals surface area contributed by atoms with Gasteiger partial charge in [-0.25, -0.2) is 0 Å². The predicted octanol–water partition coefficient (Wildman–Crippen LogP) is -13.7. The molecule has 6 saturated heterocycles. The maximum atomic E-state index is 12.6. The molecule has 0 aliphatic carbocycles. The molecule has 0 saturated carbocycles. The predicted molar refractivity (Wildman–Crippen MR) is 234 cm³/mol. The fourth-order valence-corrected chi connectivity index (χ4v) is 9.63. The number of hydrogen-bond acceptors (Lipinski definition) is 31. The third-order valence-corrected chi connectivity index (χ3v) is 13.6. The first-order valence-electron chi connectivity index (χ1n) is 24.1. The van der Waals surface area contributed by atoms with Gasteiger partial charge >= 0.3 is 0 Å². The molecule has 0 aromatic heterocycles. The van der Waals surface area contributed by atoms with Crippen molar-refractivity contribution in [1.29, 1.82) is 0 Å². The Morgan fingerprint density at radius 1 is 0.342 bits per heavy atom. The summed E-state index contributed by atoms with van der Waals surface area (Å²) in [4.78, 5) is 36.5. The van der Waals surface area contributed by atoms with E-state index in [1.165, 1.54) is 0 Å². The Balaban J connectivity index is 1.27. The summed E-state index contributed by atoms with van der Waals surface area (Å²) in [5.74, 6) is -2.30. The van der Waals surface area contributed by atoms with Gasteiger partial charge in [0, 0.05) is 20.8 Å². The van der Waals surface area contributed by atoms with E-state index in [4.69, 9.17) is 52.1 Å². The highest BCUT2D eigenvalue weighted by Gasteiger charge is 2.58. The van der Waals surface area contributed by atoms with Crippen LogP contribution in [0.4, 0.5) is 0 Å². The molecule has 6 aliphatic heterocycles. The van der Waals surface area contributed by atoms with Crippen LogP contribution in [0, 0.1) is 0 Å². The molecule has 0 radical (unpaired) electrons. The topological polar surface area (TPSA) is 533 Å². The van der Waals surface area contributed by atoms with Crippen molar-refractivity contribution in [3.05, 3.63) is 0 Å². The van der Waals surface area contributed by atoms with Gasteiger partial charge in [-0.3, -0.25) is 14.4 Å². The maximum Gasteiger partial charge on any atom is 0.217 e. The normalized spacial score (nSPS) is 48.2. The number of aliphatic hydroxyl groups excluding tert-OH is 17. The Bertz CT molecular complexity index is 1870. The lowest BCUT2D eigenvalue weighted by molar-refractivity contribution is -0.389. The van der Waals surface area contributed by atoms with Crippen molar-refractivity contribution in [2.45, 2.75) is 205 Å². The number of carbonyl (C=O) groups excluding carboxylic acids is 3. The molecule has 76 heavy (non-hydrogen) atoms. The van der Waals surface area contributed by atoms with E-state index in [1.807, 2.05) is 0 Å². The number of carbonyl (C=O) groups is 3. The molecule has 0 aromatic rings. The maximum absolute atomic E-state index is 12.6. The number of nitrogens with one attached hydrogen (secondary N) is 3. The molecule has 30 atom stereocenters. The second-order valence-corrected chi connectivity index (χ2v) is 19.0. The van der Waals surface area contributed by atoms with Crippen molar-refractivity contribution >= 4 is 17.7 Å². The quantitative estimate of drug-likeness (QED) is 0.0571. The summed E-state index contributed by atoms with van der Waals surface area (Å²) in [6, 6.07) is -4.86. The van der Waals surface area contributed by atoms with E-state index in [1.54, 1.807) is 0 Å². The highest BCUT2D eigenvalue weighted by atomic mass is 16.8. The van der Waals surface area contributed by atoms with Gasteiger partial charge in [-0.2, -0.15) is 0 Å². The van der Waals surface area contributed by atoms with Crippen molar-refractivity contribution in [1.82, 2.24) is 16.0 Å². The van der Waals surface area contributed by atoms with Crippen molar-refractivity contribution < 1.29 is 153 Å². The van der Waals surface area contributed by atoms with Gasteiger partial charge in [-0.15, -0.1) is 0 Å². The number of ether oxygens (including phenoxy) is 11. The minimum Gasteiger partial charge on any atom is -0.394 e. The van der Waals surface area contributed by atoms with Crippen LogP contribution < -0.4 is 16.0 Å². The average Bonchev–Trinajstić information content (AvgIpc) is 3.37. The molecule has 6 rings (SSSR count). The van der Waals surface area contributed by atoms with E-state index in [2.05, 4.69) is 16.0 Å². The van der Waals surface area contributed by atoms with Crippen LogP contribution in [0.3, 0.4) is 0 Å². The third kappa shape index (κ3) is 13.7.